The van der Waals surface area contributed by atoms with Crippen molar-refractivity contribution >= 4 is 32.7 Å². The Morgan fingerprint density at radius 1 is 0.952 bits per heavy atom. The van der Waals surface area contributed by atoms with Crippen molar-refractivity contribution in [3.63, 3.8) is 0 Å². The minimum atomic E-state index is -4.03. The number of sulfonamides is 1. The predicted molar refractivity (Wildman–Crippen MR) is 165 cm³/mol. The molecule has 0 fully saturated rings. The third-order valence-electron chi connectivity index (χ3n) is 7.25. The summed E-state index contributed by atoms with van der Waals surface area (Å²) in [6, 6.07) is 17.6. The van der Waals surface area contributed by atoms with E-state index in [-0.39, 0.29) is 16.4 Å². The number of nitrogens with one attached hydrogen (secondary N) is 2. The monoisotopic (exact) mass is 589 g/mol. The molecule has 0 bridgehead atoms. The van der Waals surface area contributed by atoms with Crippen LogP contribution in [0.4, 0.5) is 0 Å². The van der Waals surface area contributed by atoms with Crippen LogP contribution in [0, 0.1) is 6.92 Å². The molecule has 1 heterocycles. The largest absolute Gasteiger partial charge is 0.496 e. The summed E-state index contributed by atoms with van der Waals surface area (Å²) in [6.45, 7) is 7.45. The number of carbonyl (C=O) groups excluding carboxylic acids is 2. The minimum absolute atomic E-state index is 0.0114. The number of rotatable bonds is 13. The van der Waals surface area contributed by atoms with Gasteiger partial charge in [-0.05, 0) is 72.4 Å². The lowest BCUT2D eigenvalue weighted by molar-refractivity contribution is -0.120. The van der Waals surface area contributed by atoms with E-state index in [1.165, 1.54) is 13.2 Å². The first-order valence-electron chi connectivity index (χ1n) is 14.3. The van der Waals surface area contributed by atoms with Crippen molar-refractivity contribution < 1.29 is 22.7 Å². The van der Waals surface area contributed by atoms with Gasteiger partial charge in [-0.15, -0.1) is 0 Å². The van der Waals surface area contributed by atoms with E-state index in [2.05, 4.69) is 46.8 Å². The molecule has 0 atom stereocenters. The van der Waals surface area contributed by atoms with Gasteiger partial charge in [-0.25, -0.2) is 13.1 Å². The number of aromatic nitrogens is 1. The molecule has 2 N–H and O–H groups in total. The third-order valence-corrected chi connectivity index (χ3v) is 8.74. The van der Waals surface area contributed by atoms with Crippen LogP contribution in [-0.4, -0.2) is 38.5 Å². The molecule has 0 radical (unpaired) electrons. The zero-order valence-corrected chi connectivity index (χ0v) is 25.5. The Kier molecular flexibility index (Phi) is 10.1. The van der Waals surface area contributed by atoms with E-state index in [0.29, 0.717) is 30.7 Å². The van der Waals surface area contributed by atoms with E-state index in [1.54, 1.807) is 43.3 Å². The summed E-state index contributed by atoms with van der Waals surface area (Å²) in [5, 5.41) is 4.05. The maximum Gasteiger partial charge on any atom is 0.265 e. The number of fused-ring (bicyclic) bond motifs is 1. The fraction of sp³-hybridized carbons (Fsp3) is 0.333. The van der Waals surface area contributed by atoms with E-state index in [0.717, 1.165) is 53.4 Å². The van der Waals surface area contributed by atoms with Crippen molar-refractivity contribution in [2.45, 2.75) is 64.3 Å². The number of carbonyl (C=O) groups is 2. The van der Waals surface area contributed by atoms with Crippen LogP contribution in [0.2, 0.25) is 0 Å². The molecule has 4 rings (SSSR count). The molecule has 0 spiro atoms. The van der Waals surface area contributed by atoms with Crippen LogP contribution in [0.3, 0.4) is 0 Å². The molecular formula is C33H39N3O5S. The maximum absolute atomic E-state index is 13.0. The smallest absolute Gasteiger partial charge is 0.265 e. The van der Waals surface area contributed by atoms with E-state index in [4.69, 9.17) is 4.74 Å². The summed E-state index contributed by atoms with van der Waals surface area (Å²) in [5.41, 5.74) is 4.70. The number of amides is 2. The van der Waals surface area contributed by atoms with E-state index < -0.39 is 15.9 Å². The highest BCUT2D eigenvalue weighted by molar-refractivity contribution is 7.90. The second-order valence-electron chi connectivity index (χ2n) is 10.5. The Bertz CT molecular complexity index is 1690. The molecule has 0 unspecified atom stereocenters. The molecule has 0 saturated carbocycles. The number of hydrogen-bond donors (Lipinski definition) is 2. The van der Waals surface area contributed by atoms with Crippen LogP contribution in [0.25, 0.3) is 10.9 Å². The van der Waals surface area contributed by atoms with Crippen LogP contribution in [0.1, 0.15) is 65.7 Å². The maximum atomic E-state index is 13.0. The fourth-order valence-electron chi connectivity index (χ4n) is 5.08. The highest BCUT2D eigenvalue weighted by Gasteiger charge is 2.22. The second kappa shape index (κ2) is 13.7. The Morgan fingerprint density at radius 2 is 1.74 bits per heavy atom. The Morgan fingerprint density at radius 3 is 2.45 bits per heavy atom. The Hall–Kier alpha value is -4.11. The number of hydrogen-bond acceptors (Lipinski definition) is 5. The van der Waals surface area contributed by atoms with Crippen molar-refractivity contribution in [2.75, 3.05) is 13.7 Å². The van der Waals surface area contributed by atoms with Gasteiger partial charge in [-0.3, -0.25) is 9.59 Å². The number of methoxy groups -OCH3 is 1. The van der Waals surface area contributed by atoms with Gasteiger partial charge in [0.25, 0.3) is 15.9 Å². The first-order chi connectivity index (χ1) is 20.2. The third kappa shape index (κ3) is 7.20. The Balaban J connectivity index is 1.59. The van der Waals surface area contributed by atoms with Crippen LogP contribution in [0.5, 0.6) is 5.75 Å². The molecule has 1 aromatic heterocycles. The van der Waals surface area contributed by atoms with E-state index in [1.807, 2.05) is 6.07 Å². The molecule has 2 amide bonds. The predicted octanol–water partition coefficient (Wildman–Crippen LogP) is 5.54. The second-order valence-corrected chi connectivity index (χ2v) is 12.1. The van der Waals surface area contributed by atoms with Crippen LogP contribution in [0.15, 0.2) is 71.8 Å². The van der Waals surface area contributed by atoms with Crippen molar-refractivity contribution in [2.24, 2.45) is 0 Å². The molecule has 42 heavy (non-hydrogen) atoms. The highest BCUT2D eigenvalue weighted by atomic mass is 32.2. The summed E-state index contributed by atoms with van der Waals surface area (Å²) >= 11 is 0. The Labute approximate surface area is 248 Å². The normalized spacial score (nSPS) is 11.4. The van der Waals surface area contributed by atoms with Gasteiger partial charge in [0.1, 0.15) is 5.75 Å². The lowest BCUT2D eigenvalue weighted by Gasteiger charge is -2.12. The topological polar surface area (TPSA) is 106 Å². The fourth-order valence-corrected chi connectivity index (χ4v) is 6.30. The molecule has 0 aliphatic heterocycles. The first kappa shape index (κ1) is 30.8. The quantitative estimate of drug-likeness (QED) is 0.199. The SMILES string of the molecule is CCCCNC(=O)Cc1ccc2c(c1)c(Cc1ccc(C(=O)NS(=O)(=O)c3ccccc3C)cc1OC)cn2CCC. The van der Waals surface area contributed by atoms with Crippen molar-refractivity contribution in [1.82, 2.24) is 14.6 Å². The molecule has 8 nitrogen and oxygen atoms in total. The minimum Gasteiger partial charge on any atom is -0.496 e. The number of unbranched alkanes of at least 4 members (excludes halogenated alkanes) is 1. The van der Waals surface area contributed by atoms with Crippen LogP contribution in [-0.2, 0) is 34.2 Å². The lowest BCUT2D eigenvalue weighted by atomic mass is 10.00. The van der Waals surface area contributed by atoms with Gasteiger partial charge in [0, 0.05) is 42.2 Å². The van der Waals surface area contributed by atoms with Crippen LogP contribution < -0.4 is 14.8 Å². The van der Waals surface area contributed by atoms with Gasteiger partial charge < -0.3 is 14.6 Å². The molecular weight excluding hydrogens is 550 g/mol. The average molecular weight is 590 g/mol. The first-order valence-corrected chi connectivity index (χ1v) is 15.8. The number of aryl methyl sites for hydroxylation is 2. The highest BCUT2D eigenvalue weighted by Crippen LogP contribution is 2.30. The van der Waals surface area contributed by atoms with Crippen molar-refractivity contribution in [1.29, 1.82) is 0 Å². The van der Waals surface area contributed by atoms with Gasteiger partial charge in [-0.1, -0.05) is 50.6 Å². The zero-order valence-electron chi connectivity index (χ0n) is 24.7. The molecule has 3 aromatic carbocycles. The lowest BCUT2D eigenvalue weighted by Crippen LogP contribution is -2.31. The van der Waals surface area contributed by atoms with Crippen molar-refractivity contribution in [3.05, 3.63) is 94.7 Å². The van der Waals surface area contributed by atoms with Gasteiger partial charge in [0.05, 0.1) is 18.4 Å². The number of ether oxygens (including phenoxy) is 1. The summed E-state index contributed by atoms with van der Waals surface area (Å²) in [6.07, 6.45) is 5.95. The standard InChI is InChI=1S/C33H39N3O5S/c1-5-7-16-34-32(37)19-24-12-15-29-28(18-24)27(22-36(29)17-6-2)20-25-13-14-26(21-30(25)41-4)33(38)35-42(39,40)31-11-9-8-10-23(31)3/h8-15,18,21-22H,5-7,16-17,19-20H2,1-4H3,(H,34,37)(H,35,38). The summed E-state index contributed by atoms with van der Waals surface area (Å²) in [4.78, 5) is 25.5. The summed E-state index contributed by atoms with van der Waals surface area (Å²) < 4.78 is 35.7. The van der Waals surface area contributed by atoms with E-state index >= 15 is 0 Å². The molecule has 4 aromatic rings. The molecule has 9 heteroatoms. The molecule has 0 saturated heterocycles. The summed E-state index contributed by atoms with van der Waals surface area (Å²) in [7, 11) is -2.51. The molecule has 222 valence electrons. The van der Waals surface area contributed by atoms with Crippen molar-refractivity contribution in [3.8, 4) is 5.75 Å². The van der Waals surface area contributed by atoms with E-state index in [9.17, 15) is 18.0 Å². The number of nitrogens with zero attached hydrogens (tertiary/aromatic N) is 1. The zero-order chi connectivity index (χ0) is 30.3. The van der Waals surface area contributed by atoms with Gasteiger partial charge in [0.2, 0.25) is 5.91 Å². The van der Waals surface area contributed by atoms with Gasteiger partial charge in [-0.2, -0.15) is 0 Å². The average Bonchev–Trinajstić information content (AvgIpc) is 3.29. The van der Waals surface area contributed by atoms with Gasteiger partial charge >= 0.3 is 0 Å². The summed E-state index contributed by atoms with van der Waals surface area (Å²) in [5.74, 6) is -0.236. The molecule has 0 aliphatic carbocycles. The van der Waals surface area contributed by atoms with Crippen LogP contribution >= 0.6 is 0 Å². The number of benzene rings is 3. The van der Waals surface area contributed by atoms with Gasteiger partial charge in [0.15, 0.2) is 0 Å². The molecule has 0 aliphatic rings.